The van der Waals surface area contributed by atoms with Gasteiger partial charge in [-0.1, -0.05) is 73.7 Å². The van der Waals surface area contributed by atoms with Gasteiger partial charge >= 0.3 is 6.03 Å². The molecule has 3 aromatic carbocycles. The first-order chi connectivity index (χ1) is 19.5. The minimum Gasteiger partial charge on any atom is -0.395 e. The van der Waals surface area contributed by atoms with Crippen LogP contribution in [0.25, 0.3) is 0 Å². The SMILES string of the molecule is C[C@H]1[C@@H](CN2CCC[C@H]2CO)O[C@@H](c2cccc(NC(=O)NCc3ccccc3)c2)O[C@H]1c1ccc(CO)cc1. The maximum absolute atomic E-state index is 12.6. The van der Waals surface area contributed by atoms with Gasteiger partial charge in [-0.3, -0.25) is 4.90 Å². The number of ether oxygens (including phenoxy) is 2. The van der Waals surface area contributed by atoms with Crippen LogP contribution in [0, 0.1) is 5.92 Å². The van der Waals surface area contributed by atoms with E-state index in [9.17, 15) is 15.0 Å². The number of aliphatic hydroxyl groups excluding tert-OH is 2. The highest BCUT2D eigenvalue weighted by atomic mass is 16.7. The van der Waals surface area contributed by atoms with Gasteiger partial charge in [0.25, 0.3) is 0 Å². The molecule has 2 amide bonds. The molecule has 5 atom stereocenters. The van der Waals surface area contributed by atoms with E-state index in [0.29, 0.717) is 18.8 Å². The summed E-state index contributed by atoms with van der Waals surface area (Å²) in [5, 5.41) is 25.2. The average molecular weight is 546 g/mol. The quantitative estimate of drug-likeness (QED) is 0.310. The van der Waals surface area contributed by atoms with Crippen LogP contribution in [0.4, 0.5) is 10.5 Å². The molecule has 8 heteroatoms. The van der Waals surface area contributed by atoms with Crippen molar-refractivity contribution in [1.82, 2.24) is 10.2 Å². The fourth-order valence-corrected chi connectivity index (χ4v) is 5.62. The lowest BCUT2D eigenvalue weighted by molar-refractivity contribution is -0.276. The third-order valence-corrected chi connectivity index (χ3v) is 7.96. The number of benzene rings is 3. The minimum atomic E-state index is -0.631. The van der Waals surface area contributed by atoms with Crippen molar-refractivity contribution in [2.24, 2.45) is 5.92 Å². The van der Waals surface area contributed by atoms with Gasteiger partial charge in [-0.15, -0.1) is 0 Å². The molecule has 2 saturated heterocycles. The van der Waals surface area contributed by atoms with Crippen LogP contribution in [0.15, 0.2) is 78.9 Å². The predicted molar refractivity (Wildman–Crippen MR) is 153 cm³/mol. The number of rotatable bonds is 9. The Kier molecular flexibility index (Phi) is 9.46. The predicted octanol–water partition coefficient (Wildman–Crippen LogP) is 4.75. The highest BCUT2D eigenvalue weighted by molar-refractivity contribution is 5.89. The monoisotopic (exact) mass is 545 g/mol. The van der Waals surface area contributed by atoms with Crippen molar-refractivity contribution in [2.75, 3.05) is 25.0 Å². The Morgan fingerprint density at radius 2 is 1.75 bits per heavy atom. The summed E-state index contributed by atoms with van der Waals surface area (Å²) in [5.41, 5.74) is 4.36. The molecule has 212 valence electrons. The third kappa shape index (κ3) is 6.89. The van der Waals surface area contributed by atoms with E-state index in [-0.39, 0.29) is 43.4 Å². The lowest BCUT2D eigenvalue weighted by atomic mass is 9.90. The Bertz CT molecular complexity index is 1240. The number of urea groups is 1. The summed E-state index contributed by atoms with van der Waals surface area (Å²) in [6.07, 6.45) is 1.08. The second-order valence-electron chi connectivity index (χ2n) is 10.7. The van der Waals surface area contributed by atoms with Crippen LogP contribution < -0.4 is 10.6 Å². The number of hydrogen-bond donors (Lipinski definition) is 4. The van der Waals surface area contributed by atoms with Crippen molar-refractivity contribution >= 4 is 11.7 Å². The normalized spacial score (nSPS) is 25.0. The molecule has 0 radical (unpaired) electrons. The molecule has 3 aromatic rings. The highest BCUT2D eigenvalue weighted by Crippen LogP contribution is 2.42. The molecule has 4 N–H and O–H groups in total. The van der Waals surface area contributed by atoms with Crippen LogP contribution >= 0.6 is 0 Å². The van der Waals surface area contributed by atoms with Crippen LogP contribution in [0.5, 0.6) is 0 Å². The van der Waals surface area contributed by atoms with Gasteiger partial charge in [0.15, 0.2) is 6.29 Å². The number of anilines is 1. The van der Waals surface area contributed by atoms with E-state index < -0.39 is 6.29 Å². The fourth-order valence-electron chi connectivity index (χ4n) is 5.62. The topological polar surface area (TPSA) is 103 Å². The zero-order chi connectivity index (χ0) is 27.9. The van der Waals surface area contributed by atoms with E-state index >= 15 is 0 Å². The molecule has 2 fully saturated rings. The van der Waals surface area contributed by atoms with Gasteiger partial charge in [-0.25, -0.2) is 4.79 Å². The van der Waals surface area contributed by atoms with Gasteiger partial charge in [0.2, 0.25) is 0 Å². The molecule has 40 heavy (non-hydrogen) atoms. The largest absolute Gasteiger partial charge is 0.395 e. The number of aliphatic hydroxyl groups is 2. The molecule has 0 spiro atoms. The zero-order valence-electron chi connectivity index (χ0n) is 22.9. The number of carbonyl (C=O) groups is 1. The van der Waals surface area contributed by atoms with E-state index in [2.05, 4.69) is 22.5 Å². The average Bonchev–Trinajstić information content (AvgIpc) is 3.45. The molecule has 2 aliphatic heterocycles. The molecule has 2 heterocycles. The number of hydrogen-bond acceptors (Lipinski definition) is 6. The van der Waals surface area contributed by atoms with Gasteiger partial charge in [0.05, 0.1) is 25.4 Å². The van der Waals surface area contributed by atoms with E-state index in [1.807, 2.05) is 78.9 Å². The van der Waals surface area contributed by atoms with Gasteiger partial charge in [-0.2, -0.15) is 0 Å². The zero-order valence-corrected chi connectivity index (χ0v) is 22.9. The Balaban J connectivity index is 1.33. The lowest BCUT2D eigenvalue weighted by Crippen LogP contribution is -2.46. The summed E-state index contributed by atoms with van der Waals surface area (Å²) in [7, 11) is 0. The van der Waals surface area contributed by atoms with Crippen LogP contribution in [-0.2, 0) is 22.6 Å². The fraction of sp³-hybridized carbons (Fsp3) is 0.406. The number of nitrogens with zero attached hydrogens (tertiary/aromatic N) is 1. The van der Waals surface area contributed by atoms with Crippen molar-refractivity contribution in [2.45, 2.75) is 57.5 Å². The Hall–Kier alpha value is -3.27. The summed E-state index contributed by atoms with van der Waals surface area (Å²) >= 11 is 0. The first-order valence-electron chi connectivity index (χ1n) is 14.1. The number of nitrogens with one attached hydrogen (secondary N) is 2. The maximum atomic E-state index is 12.6. The van der Waals surface area contributed by atoms with Gasteiger partial charge in [0, 0.05) is 36.3 Å². The van der Waals surface area contributed by atoms with Gasteiger partial charge < -0.3 is 30.3 Å². The van der Waals surface area contributed by atoms with Crippen molar-refractivity contribution < 1.29 is 24.5 Å². The van der Waals surface area contributed by atoms with Gasteiger partial charge in [0.1, 0.15) is 0 Å². The first kappa shape index (κ1) is 28.3. The maximum Gasteiger partial charge on any atom is 0.319 e. The molecule has 2 aliphatic rings. The Labute approximate surface area is 235 Å². The summed E-state index contributed by atoms with van der Waals surface area (Å²) in [6, 6.07) is 25.1. The highest BCUT2D eigenvalue weighted by Gasteiger charge is 2.40. The van der Waals surface area contributed by atoms with E-state index in [4.69, 9.17) is 9.47 Å². The molecular formula is C32H39N3O5. The van der Waals surface area contributed by atoms with E-state index in [1.165, 1.54) is 0 Å². The lowest BCUT2D eigenvalue weighted by Gasteiger charge is -2.43. The van der Waals surface area contributed by atoms with Crippen LogP contribution in [0.3, 0.4) is 0 Å². The number of carbonyl (C=O) groups excluding carboxylic acids is 1. The molecule has 5 rings (SSSR count). The molecule has 8 nitrogen and oxygen atoms in total. The van der Waals surface area contributed by atoms with Crippen molar-refractivity contribution in [3.63, 3.8) is 0 Å². The number of likely N-dealkylation sites (tertiary alicyclic amines) is 1. The van der Waals surface area contributed by atoms with E-state index in [0.717, 1.165) is 41.6 Å². The molecule has 0 unspecified atom stereocenters. The minimum absolute atomic E-state index is 0.00799. The number of amides is 2. The third-order valence-electron chi connectivity index (χ3n) is 7.96. The molecule has 0 bridgehead atoms. The Morgan fingerprint density at radius 1 is 0.950 bits per heavy atom. The van der Waals surface area contributed by atoms with Gasteiger partial charge in [-0.05, 0) is 48.2 Å². The smallest absolute Gasteiger partial charge is 0.319 e. The standard InChI is InChI=1S/C32H39N3O5/c1-22-29(19-35-16-6-11-28(35)21-37)39-31(40-30(22)25-14-12-24(20-36)13-15-25)26-9-5-10-27(17-26)34-32(38)33-18-23-7-3-2-4-8-23/h2-5,7-10,12-15,17,22,28-31,36-37H,6,11,16,18-21H2,1H3,(H2,33,34,38)/t22-,28-,29+,30+,31+/m0/s1. The van der Waals surface area contributed by atoms with Crippen molar-refractivity contribution in [3.05, 3.63) is 101 Å². The van der Waals surface area contributed by atoms with Crippen molar-refractivity contribution in [1.29, 1.82) is 0 Å². The molecule has 0 aromatic heterocycles. The van der Waals surface area contributed by atoms with Crippen LogP contribution in [-0.4, -0.2) is 53.0 Å². The summed E-state index contributed by atoms with van der Waals surface area (Å²) in [6.45, 7) is 4.36. The first-order valence-corrected chi connectivity index (χ1v) is 14.1. The second kappa shape index (κ2) is 13.4. The van der Waals surface area contributed by atoms with Crippen LogP contribution in [0.2, 0.25) is 0 Å². The van der Waals surface area contributed by atoms with Crippen molar-refractivity contribution in [3.8, 4) is 0 Å². The Morgan fingerprint density at radius 3 is 2.50 bits per heavy atom. The van der Waals surface area contributed by atoms with Crippen LogP contribution in [0.1, 0.15) is 54.4 Å². The summed E-state index contributed by atoms with van der Waals surface area (Å²) in [5.74, 6) is 0.0567. The summed E-state index contributed by atoms with van der Waals surface area (Å²) < 4.78 is 13.2. The molecule has 0 aliphatic carbocycles. The molecular weight excluding hydrogens is 506 g/mol. The second-order valence-corrected chi connectivity index (χ2v) is 10.7. The molecule has 0 saturated carbocycles. The van der Waals surface area contributed by atoms with E-state index in [1.54, 1.807) is 0 Å². The summed E-state index contributed by atoms with van der Waals surface area (Å²) in [4.78, 5) is 14.9.